The first-order valence-corrected chi connectivity index (χ1v) is 7.37. The highest BCUT2D eigenvalue weighted by atomic mass is 16.5. The van der Waals surface area contributed by atoms with Gasteiger partial charge in [-0.05, 0) is 31.2 Å². The maximum Gasteiger partial charge on any atom is 0.188 e. The maximum atomic E-state index is 9.17. The molecule has 1 unspecified atom stereocenters. The summed E-state index contributed by atoms with van der Waals surface area (Å²) >= 11 is 0. The highest BCUT2D eigenvalue weighted by molar-refractivity contribution is 5.27. The van der Waals surface area contributed by atoms with Crippen LogP contribution in [0.4, 0.5) is 0 Å². The van der Waals surface area contributed by atoms with Gasteiger partial charge in [-0.15, -0.1) is 5.10 Å². The number of rotatable bonds is 5. The summed E-state index contributed by atoms with van der Waals surface area (Å²) < 4.78 is 7.54. The van der Waals surface area contributed by atoms with Crippen LogP contribution in [-0.2, 0) is 17.7 Å². The second kappa shape index (κ2) is 6.51. The largest absolute Gasteiger partial charge is 0.372 e. The van der Waals surface area contributed by atoms with Crippen LogP contribution in [0.2, 0.25) is 0 Å². The first kappa shape index (κ1) is 13.8. The number of aromatic nitrogens is 3. The van der Waals surface area contributed by atoms with Crippen LogP contribution in [0.3, 0.4) is 0 Å². The predicted molar refractivity (Wildman–Crippen MR) is 77.4 cm³/mol. The molecule has 1 aromatic carbocycles. The van der Waals surface area contributed by atoms with Gasteiger partial charge in [0.2, 0.25) is 0 Å². The van der Waals surface area contributed by atoms with Crippen LogP contribution >= 0.6 is 0 Å². The van der Waals surface area contributed by atoms with E-state index in [1.165, 1.54) is 5.56 Å². The van der Waals surface area contributed by atoms with Crippen molar-refractivity contribution in [2.45, 2.75) is 38.3 Å². The van der Waals surface area contributed by atoms with E-state index in [9.17, 15) is 5.26 Å². The predicted octanol–water partition coefficient (Wildman–Crippen LogP) is 2.63. The minimum Gasteiger partial charge on any atom is -0.372 e. The van der Waals surface area contributed by atoms with Crippen LogP contribution in [0.5, 0.6) is 0 Å². The highest BCUT2D eigenvalue weighted by Gasteiger charge is 2.26. The molecule has 21 heavy (non-hydrogen) atoms. The number of nitriles is 1. The Kier molecular flexibility index (Phi) is 4.27. The lowest BCUT2D eigenvalue weighted by molar-refractivity contribution is 0.104. The van der Waals surface area contributed by atoms with Crippen LogP contribution in [0.25, 0.3) is 0 Å². The standard InChI is InChI=1S/C16H18N4O/c17-12-14-16(15-9-5-11-21-15)20(19-18-14)10-4-8-13-6-2-1-3-7-13/h1-3,6-7,15H,4-5,8-11H2. The van der Waals surface area contributed by atoms with Gasteiger partial charge >= 0.3 is 0 Å². The first-order valence-electron chi connectivity index (χ1n) is 7.37. The van der Waals surface area contributed by atoms with Crippen LogP contribution in [0.15, 0.2) is 30.3 Å². The third-order valence-electron chi connectivity index (χ3n) is 3.79. The minimum absolute atomic E-state index is 0.0219. The van der Waals surface area contributed by atoms with E-state index in [0.29, 0.717) is 5.69 Å². The molecule has 0 saturated carbocycles. The van der Waals surface area contributed by atoms with Crippen molar-refractivity contribution in [1.29, 1.82) is 5.26 Å². The van der Waals surface area contributed by atoms with Gasteiger partial charge in [0, 0.05) is 13.2 Å². The number of benzene rings is 1. The van der Waals surface area contributed by atoms with Crippen LogP contribution in [-0.4, -0.2) is 21.6 Å². The molecule has 1 atom stereocenters. The molecule has 0 N–H and O–H groups in total. The molecule has 3 rings (SSSR count). The Hall–Kier alpha value is -2.19. The van der Waals surface area contributed by atoms with E-state index in [0.717, 1.165) is 44.5 Å². The molecule has 0 amide bonds. The fourth-order valence-electron chi connectivity index (χ4n) is 2.75. The molecule has 0 aliphatic carbocycles. The summed E-state index contributed by atoms with van der Waals surface area (Å²) in [4.78, 5) is 0. The van der Waals surface area contributed by atoms with Gasteiger partial charge in [-0.1, -0.05) is 35.5 Å². The number of hydrogen-bond acceptors (Lipinski definition) is 4. The number of nitrogens with zero attached hydrogens (tertiary/aromatic N) is 4. The van der Waals surface area contributed by atoms with E-state index in [1.807, 2.05) is 10.7 Å². The zero-order valence-corrected chi connectivity index (χ0v) is 11.9. The monoisotopic (exact) mass is 282 g/mol. The van der Waals surface area contributed by atoms with E-state index >= 15 is 0 Å². The van der Waals surface area contributed by atoms with E-state index in [4.69, 9.17) is 4.74 Å². The second-order valence-electron chi connectivity index (χ2n) is 5.25. The average Bonchev–Trinajstić information content (AvgIpc) is 3.16. The maximum absolute atomic E-state index is 9.17. The fraction of sp³-hybridized carbons (Fsp3) is 0.438. The molecule has 0 spiro atoms. The third-order valence-corrected chi connectivity index (χ3v) is 3.79. The van der Waals surface area contributed by atoms with Crippen LogP contribution in [0, 0.1) is 11.3 Å². The molecule has 5 heteroatoms. The van der Waals surface area contributed by atoms with E-state index in [-0.39, 0.29) is 6.10 Å². The van der Waals surface area contributed by atoms with E-state index < -0.39 is 0 Å². The molecule has 1 aromatic heterocycles. The van der Waals surface area contributed by atoms with Crippen molar-refractivity contribution in [3.05, 3.63) is 47.3 Å². The average molecular weight is 282 g/mol. The van der Waals surface area contributed by atoms with Crippen LogP contribution in [0.1, 0.15) is 42.3 Å². The Morgan fingerprint density at radius 2 is 2.19 bits per heavy atom. The molecule has 2 aromatic rings. The smallest absolute Gasteiger partial charge is 0.188 e. The molecule has 2 heterocycles. The van der Waals surface area contributed by atoms with Crippen molar-refractivity contribution in [1.82, 2.24) is 15.0 Å². The van der Waals surface area contributed by atoms with Gasteiger partial charge in [-0.25, -0.2) is 4.68 Å². The van der Waals surface area contributed by atoms with Crippen LogP contribution < -0.4 is 0 Å². The summed E-state index contributed by atoms with van der Waals surface area (Å²) in [6, 6.07) is 12.5. The Bertz CT molecular complexity index is 623. The number of aryl methyl sites for hydroxylation is 2. The molecular formula is C16H18N4O. The van der Waals surface area contributed by atoms with Crippen molar-refractivity contribution < 1.29 is 4.74 Å². The van der Waals surface area contributed by atoms with Gasteiger partial charge in [-0.3, -0.25) is 0 Å². The van der Waals surface area contributed by atoms with Gasteiger partial charge in [0.1, 0.15) is 17.9 Å². The quantitative estimate of drug-likeness (QED) is 0.845. The Balaban J connectivity index is 1.68. The van der Waals surface area contributed by atoms with Crippen molar-refractivity contribution in [3.63, 3.8) is 0 Å². The molecule has 1 aliphatic heterocycles. The van der Waals surface area contributed by atoms with Gasteiger partial charge < -0.3 is 4.74 Å². The topological polar surface area (TPSA) is 63.7 Å². The SMILES string of the molecule is N#Cc1nnn(CCCc2ccccc2)c1C1CCCO1. The Labute approximate surface area is 124 Å². The molecule has 0 bridgehead atoms. The lowest BCUT2D eigenvalue weighted by atomic mass is 10.1. The van der Waals surface area contributed by atoms with Crippen molar-refractivity contribution in [2.75, 3.05) is 6.61 Å². The van der Waals surface area contributed by atoms with Gasteiger partial charge in [-0.2, -0.15) is 5.26 Å². The fourth-order valence-corrected chi connectivity index (χ4v) is 2.75. The summed E-state index contributed by atoms with van der Waals surface area (Å²) in [6.07, 6.45) is 3.92. The van der Waals surface area contributed by atoms with Crippen molar-refractivity contribution >= 4 is 0 Å². The summed E-state index contributed by atoms with van der Waals surface area (Å²) in [6.45, 7) is 1.52. The third kappa shape index (κ3) is 3.11. The number of hydrogen-bond donors (Lipinski definition) is 0. The van der Waals surface area contributed by atoms with Gasteiger partial charge in [0.15, 0.2) is 5.69 Å². The minimum atomic E-state index is -0.0219. The summed E-state index contributed by atoms with van der Waals surface area (Å²) in [7, 11) is 0. The molecular weight excluding hydrogens is 264 g/mol. The molecule has 5 nitrogen and oxygen atoms in total. The summed E-state index contributed by atoms with van der Waals surface area (Å²) in [5, 5.41) is 17.3. The first-order chi connectivity index (χ1) is 10.4. The molecule has 1 fully saturated rings. The summed E-state index contributed by atoms with van der Waals surface area (Å²) in [5.74, 6) is 0. The molecule has 108 valence electrons. The van der Waals surface area contributed by atoms with Gasteiger partial charge in [0.25, 0.3) is 0 Å². The normalized spacial score (nSPS) is 17.8. The Morgan fingerprint density at radius 3 is 2.90 bits per heavy atom. The molecule has 1 saturated heterocycles. The zero-order valence-electron chi connectivity index (χ0n) is 11.9. The van der Waals surface area contributed by atoms with Crippen molar-refractivity contribution in [2.24, 2.45) is 0 Å². The van der Waals surface area contributed by atoms with Crippen molar-refractivity contribution in [3.8, 4) is 6.07 Å². The highest BCUT2D eigenvalue weighted by Crippen LogP contribution is 2.29. The second-order valence-corrected chi connectivity index (χ2v) is 5.25. The van der Waals surface area contributed by atoms with E-state index in [2.05, 4.69) is 40.6 Å². The zero-order chi connectivity index (χ0) is 14.5. The lowest BCUT2D eigenvalue weighted by Crippen LogP contribution is -2.11. The van der Waals surface area contributed by atoms with Gasteiger partial charge in [0.05, 0.1) is 0 Å². The lowest BCUT2D eigenvalue weighted by Gasteiger charge is -2.12. The molecule has 0 radical (unpaired) electrons. The summed E-state index contributed by atoms with van der Waals surface area (Å²) in [5.41, 5.74) is 2.57. The number of ether oxygens (including phenoxy) is 1. The van der Waals surface area contributed by atoms with E-state index in [1.54, 1.807) is 0 Å². The molecule has 1 aliphatic rings. The Morgan fingerprint density at radius 1 is 1.33 bits per heavy atom.